The predicted octanol–water partition coefficient (Wildman–Crippen LogP) is 5.04. The van der Waals surface area contributed by atoms with Crippen molar-refractivity contribution < 1.29 is 19.4 Å². The van der Waals surface area contributed by atoms with Crippen molar-refractivity contribution in [3.05, 3.63) is 42.0 Å². The highest BCUT2D eigenvalue weighted by atomic mass is 16.5. The van der Waals surface area contributed by atoms with Gasteiger partial charge in [0.2, 0.25) is 0 Å². The summed E-state index contributed by atoms with van der Waals surface area (Å²) in [6.07, 6.45) is 6.85. The third kappa shape index (κ3) is 5.49. The van der Waals surface area contributed by atoms with Crippen molar-refractivity contribution in [2.75, 3.05) is 13.2 Å². The van der Waals surface area contributed by atoms with Gasteiger partial charge in [0.1, 0.15) is 28.2 Å². The monoisotopic (exact) mass is 411 g/mol. The molecule has 160 valence electrons. The summed E-state index contributed by atoms with van der Waals surface area (Å²) in [7, 11) is 0. The number of benzene rings is 2. The van der Waals surface area contributed by atoms with Crippen molar-refractivity contribution in [3.8, 4) is 17.2 Å². The van der Waals surface area contributed by atoms with E-state index >= 15 is 0 Å². The van der Waals surface area contributed by atoms with E-state index in [0.717, 1.165) is 12.8 Å². The van der Waals surface area contributed by atoms with Crippen molar-refractivity contribution in [2.45, 2.75) is 52.4 Å². The summed E-state index contributed by atoms with van der Waals surface area (Å²) in [5, 5.41) is 19.1. The highest BCUT2D eigenvalue weighted by molar-refractivity contribution is 5.93. The van der Waals surface area contributed by atoms with E-state index in [2.05, 4.69) is 17.1 Å². The number of hydrogen-bond acceptors (Lipinski definition) is 6. The average molecular weight is 412 g/mol. The predicted molar refractivity (Wildman–Crippen MR) is 115 cm³/mol. The van der Waals surface area contributed by atoms with Crippen LogP contribution in [0.2, 0.25) is 0 Å². The van der Waals surface area contributed by atoms with Crippen LogP contribution >= 0.6 is 0 Å². The van der Waals surface area contributed by atoms with Crippen LogP contribution in [0.4, 0.5) is 0 Å². The smallest absolute Gasteiger partial charge is 0.338 e. The van der Waals surface area contributed by atoms with Crippen LogP contribution < -0.4 is 4.74 Å². The molecule has 0 saturated heterocycles. The second kappa shape index (κ2) is 10.6. The summed E-state index contributed by atoms with van der Waals surface area (Å²) in [6.45, 7) is 5.01. The molecule has 1 aromatic heterocycles. The van der Waals surface area contributed by atoms with Gasteiger partial charge in [-0.25, -0.2) is 4.79 Å². The van der Waals surface area contributed by atoms with Crippen LogP contribution in [-0.2, 0) is 4.74 Å². The Morgan fingerprint density at radius 3 is 2.50 bits per heavy atom. The van der Waals surface area contributed by atoms with E-state index in [1.54, 1.807) is 30.3 Å². The molecule has 0 fully saturated rings. The maximum atomic E-state index is 12.3. The SMILES string of the molecule is CCCCCCCCOC(=O)c1ccc2nn(-c3ccc(OCC)cc3O)nc2c1. The first kappa shape index (κ1) is 21.6. The number of fused-ring (bicyclic) bond motifs is 1. The lowest BCUT2D eigenvalue weighted by Gasteiger charge is -2.06. The van der Waals surface area contributed by atoms with Gasteiger partial charge >= 0.3 is 5.97 Å². The number of aromatic hydroxyl groups is 1. The first-order valence-corrected chi connectivity index (χ1v) is 10.6. The number of carbonyl (C=O) groups is 1. The molecule has 1 N–H and O–H groups in total. The standard InChI is InChI=1S/C23H29N3O4/c1-3-5-6-7-8-9-14-30-23(28)17-10-12-19-20(15-17)25-26(24-19)21-13-11-18(29-4-2)16-22(21)27/h10-13,15-16,27H,3-9,14H2,1-2H3. The fourth-order valence-electron chi connectivity index (χ4n) is 3.21. The van der Waals surface area contributed by atoms with E-state index in [4.69, 9.17) is 9.47 Å². The quantitative estimate of drug-likeness (QED) is 0.351. The minimum Gasteiger partial charge on any atom is -0.505 e. The van der Waals surface area contributed by atoms with Gasteiger partial charge in [-0.05, 0) is 43.7 Å². The second-order valence-corrected chi connectivity index (χ2v) is 7.18. The van der Waals surface area contributed by atoms with E-state index in [0.29, 0.717) is 41.2 Å². The van der Waals surface area contributed by atoms with Gasteiger partial charge in [0.15, 0.2) is 0 Å². The van der Waals surface area contributed by atoms with Gasteiger partial charge in [-0.2, -0.15) is 0 Å². The minimum absolute atomic E-state index is 0.0137. The Hall–Kier alpha value is -3.09. The van der Waals surface area contributed by atoms with Crippen LogP contribution in [0.25, 0.3) is 16.7 Å². The number of nitrogens with zero attached hydrogens (tertiary/aromatic N) is 3. The van der Waals surface area contributed by atoms with Crippen molar-refractivity contribution in [3.63, 3.8) is 0 Å². The number of unbranched alkanes of at least 4 members (excludes halogenated alkanes) is 5. The highest BCUT2D eigenvalue weighted by Crippen LogP contribution is 2.27. The number of hydrogen-bond donors (Lipinski definition) is 1. The zero-order valence-electron chi connectivity index (χ0n) is 17.6. The van der Waals surface area contributed by atoms with Gasteiger partial charge in [-0.1, -0.05) is 39.0 Å². The summed E-state index contributed by atoms with van der Waals surface area (Å²) >= 11 is 0. The maximum absolute atomic E-state index is 12.3. The number of esters is 1. The molecule has 0 radical (unpaired) electrons. The first-order chi connectivity index (χ1) is 14.6. The molecule has 0 saturated carbocycles. The number of ether oxygens (including phenoxy) is 2. The molecular weight excluding hydrogens is 382 g/mol. The lowest BCUT2D eigenvalue weighted by atomic mass is 10.1. The molecule has 0 aliphatic heterocycles. The molecule has 1 heterocycles. The molecule has 0 spiro atoms. The maximum Gasteiger partial charge on any atom is 0.338 e. The van der Waals surface area contributed by atoms with E-state index in [9.17, 15) is 9.90 Å². The van der Waals surface area contributed by atoms with Crippen LogP contribution in [0.15, 0.2) is 36.4 Å². The van der Waals surface area contributed by atoms with Gasteiger partial charge in [0, 0.05) is 6.07 Å². The molecular formula is C23H29N3O4. The Morgan fingerprint density at radius 2 is 1.73 bits per heavy atom. The molecule has 7 nitrogen and oxygen atoms in total. The van der Waals surface area contributed by atoms with Gasteiger partial charge < -0.3 is 14.6 Å². The first-order valence-electron chi connectivity index (χ1n) is 10.6. The Labute approximate surface area is 176 Å². The normalized spacial score (nSPS) is 11.0. The Morgan fingerprint density at radius 1 is 0.967 bits per heavy atom. The van der Waals surface area contributed by atoms with E-state index in [1.807, 2.05) is 6.92 Å². The molecule has 0 bridgehead atoms. The molecule has 0 atom stereocenters. The number of aromatic nitrogens is 3. The number of phenolic OH excluding ortho intramolecular Hbond substituents is 1. The third-order valence-electron chi connectivity index (χ3n) is 4.82. The molecule has 0 amide bonds. The summed E-state index contributed by atoms with van der Waals surface area (Å²) < 4.78 is 10.8. The summed E-state index contributed by atoms with van der Waals surface area (Å²) in [5.41, 5.74) is 2.05. The van der Waals surface area contributed by atoms with E-state index in [1.165, 1.54) is 36.5 Å². The summed E-state index contributed by atoms with van der Waals surface area (Å²) in [4.78, 5) is 13.7. The van der Waals surface area contributed by atoms with Gasteiger partial charge in [-0.15, -0.1) is 15.0 Å². The topological polar surface area (TPSA) is 86.5 Å². The fraction of sp³-hybridized carbons (Fsp3) is 0.435. The number of rotatable bonds is 11. The van der Waals surface area contributed by atoms with Gasteiger partial charge in [0.05, 0.1) is 18.8 Å². The Bertz CT molecular complexity index is 984. The summed E-state index contributed by atoms with van der Waals surface area (Å²) in [6, 6.07) is 10.0. The van der Waals surface area contributed by atoms with Crippen LogP contribution in [0, 0.1) is 0 Å². The van der Waals surface area contributed by atoms with Crippen molar-refractivity contribution in [1.82, 2.24) is 15.0 Å². The zero-order valence-corrected chi connectivity index (χ0v) is 17.6. The Balaban J connectivity index is 1.64. The van der Waals surface area contributed by atoms with Crippen molar-refractivity contribution >= 4 is 17.0 Å². The lowest BCUT2D eigenvalue weighted by Crippen LogP contribution is -2.06. The molecule has 30 heavy (non-hydrogen) atoms. The summed E-state index contributed by atoms with van der Waals surface area (Å²) in [5.74, 6) is 0.231. The molecule has 0 aliphatic rings. The highest BCUT2D eigenvalue weighted by Gasteiger charge is 2.13. The van der Waals surface area contributed by atoms with Crippen molar-refractivity contribution in [2.24, 2.45) is 0 Å². The molecule has 2 aromatic carbocycles. The van der Waals surface area contributed by atoms with E-state index in [-0.39, 0.29) is 11.7 Å². The van der Waals surface area contributed by atoms with Crippen LogP contribution in [0.1, 0.15) is 62.7 Å². The lowest BCUT2D eigenvalue weighted by molar-refractivity contribution is 0.0498. The van der Waals surface area contributed by atoms with Crippen LogP contribution in [0.3, 0.4) is 0 Å². The van der Waals surface area contributed by atoms with Gasteiger partial charge in [-0.3, -0.25) is 0 Å². The molecule has 0 aliphatic carbocycles. The van der Waals surface area contributed by atoms with Crippen LogP contribution in [-0.4, -0.2) is 39.3 Å². The van der Waals surface area contributed by atoms with Gasteiger partial charge in [0.25, 0.3) is 0 Å². The minimum atomic E-state index is -0.357. The molecule has 7 heteroatoms. The fourth-order valence-corrected chi connectivity index (χ4v) is 3.21. The second-order valence-electron chi connectivity index (χ2n) is 7.18. The zero-order chi connectivity index (χ0) is 21.3. The molecule has 3 rings (SSSR count). The Kier molecular flexibility index (Phi) is 7.65. The number of phenols is 1. The largest absolute Gasteiger partial charge is 0.505 e. The average Bonchev–Trinajstić information content (AvgIpc) is 3.16. The van der Waals surface area contributed by atoms with Crippen LogP contribution in [0.5, 0.6) is 11.5 Å². The van der Waals surface area contributed by atoms with Crippen molar-refractivity contribution in [1.29, 1.82) is 0 Å². The molecule has 0 unspecified atom stereocenters. The molecule has 3 aromatic rings. The van der Waals surface area contributed by atoms with E-state index < -0.39 is 0 Å². The third-order valence-corrected chi connectivity index (χ3v) is 4.82. The number of carbonyl (C=O) groups excluding carboxylic acids is 1.